The van der Waals surface area contributed by atoms with Crippen molar-refractivity contribution in [3.8, 4) is 0 Å². The zero-order valence-corrected chi connectivity index (χ0v) is 11.7. The van der Waals surface area contributed by atoms with Gasteiger partial charge in [0.15, 0.2) is 0 Å². The van der Waals surface area contributed by atoms with Crippen LogP contribution in [0.25, 0.3) is 0 Å². The normalized spacial score (nSPS) is 11.9. The minimum absolute atomic E-state index is 0.0945. The van der Waals surface area contributed by atoms with Crippen LogP contribution in [0, 0.1) is 10.1 Å². The minimum atomic E-state index is -0.595. The Morgan fingerprint density at radius 2 is 2.26 bits per heavy atom. The molecule has 1 amide bonds. The highest BCUT2D eigenvalue weighted by atomic mass is 32.2. The molecule has 6 nitrogen and oxygen atoms in total. The van der Waals surface area contributed by atoms with E-state index in [-0.39, 0.29) is 22.8 Å². The van der Waals surface area contributed by atoms with E-state index in [2.05, 4.69) is 12.2 Å². The molecule has 1 rings (SSSR count). The summed E-state index contributed by atoms with van der Waals surface area (Å²) in [6.45, 7) is 2.58. The average molecular weight is 283 g/mol. The van der Waals surface area contributed by atoms with E-state index in [1.54, 1.807) is 11.8 Å². The topological polar surface area (TPSA) is 98.3 Å². The van der Waals surface area contributed by atoms with E-state index in [9.17, 15) is 14.9 Å². The van der Waals surface area contributed by atoms with Crippen molar-refractivity contribution in [3.63, 3.8) is 0 Å². The summed E-state index contributed by atoms with van der Waals surface area (Å²) in [5.41, 5.74) is 5.44. The lowest BCUT2D eigenvalue weighted by molar-refractivity contribution is -0.383. The predicted molar refractivity (Wildman–Crippen MR) is 77.4 cm³/mol. The number of amides is 1. The number of carbonyl (C=O) groups excluding carboxylic acids is 1. The fourth-order valence-corrected chi connectivity index (χ4v) is 1.87. The number of nitro groups is 1. The van der Waals surface area contributed by atoms with E-state index in [4.69, 9.17) is 5.73 Å². The Hall–Kier alpha value is -1.76. The molecule has 1 aromatic carbocycles. The number of nitro benzene ring substituents is 1. The third-order valence-electron chi connectivity index (χ3n) is 2.76. The smallest absolute Gasteiger partial charge is 0.292 e. The molecule has 0 heterocycles. The van der Waals surface area contributed by atoms with Crippen molar-refractivity contribution < 1.29 is 9.72 Å². The summed E-state index contributed by atoms with van der Waals surface area (Å²) >= 11 is 1.72. The molecule has 0 radical (unpaired) electrons. The van der Waals surface area contributed by atoms with Gasteiger partial charge in [0, 0.05) is 17.9 Å². The summed E-state index contributed by atoms with van der Waals surface area (Å²) in [7, 11) is 0. The summed E-state index contributed by atoms with van der Waals surface area (Å²) in [4.78, 5) is 22.0. The molecule has 0 aromatic heterocycles. The molecule has 104 valence electrons. The lowest BCUT2D eigenvalue weighted by Gasteiger charge is -2.10. The first-order chi connectivity index (χ1) is 8.97. The number of nitrogens with zero attached hydrogens (tertiary/aromatic N) is 1. The van der Waals surface area contributed by atoms with E-state index in [1.807, 2.05) is 6.26 Å². The van der Waals surface area contributed by atoms with Crippen molar-refractivity contribution in [1.29, 1.82) is 0 Å². The van der Waals surface area contributed by atoms with Gasteiger partial charge < -0.3 is 11.1 Å². The van der Waals surface area contributed by atoms with Gasteiger partial charge >= 0.3 is 0 Å². The van der Waals surface area contributed by atoms with Crippen molar-refractivity contribution in [2.45, 2.75) is 18.6 Å². The van der Waals surface area contributed by atoms with E-state index < -0.39 is 4.92 Å². The van der Waals surface area contributed by atoms with Crippen molar-refractivity contribution in [2.24, 2.45) is 0 Å². The van der Waals surface area contributed by atoms with E-state index in [1.165, 1.54) is 18.2 Å². The fourth-order valence-electron chi connectivity index (χ4n) is 1.51. The molecule has 0 bridgehead atoms. The molecule has 0 fully saturated rings. The van der Waals surface area contributed by atoms with Gasteiger partial charge in [0.2, 0.25) is 0 Å². The first-order valence-corrected chi connectivity index (χ1v) is 7.10. The van der Waals surface area contributed by atoms with Gasteiger partial charge in [-0.1, -0.05) is 13.0 Å². The summed E-state index contributed by atoms with van der Waals surface area (Å²) in [5, 5.41) is 13.9. The summed E-state index contributed by atoms with van der Waals surface area (Å²) in [6.07, 6.45) is 2.84. The van der Waals surface area contributed by atoms with Gasteiger partial charge in [0.05, 0.1) is 10.5 Å². The Labute approximate surface area is 115 Å². The SMILES string of the molecule is CS[C@H](C)CCNC(=O)c1cccc([N+](=O)[O-])c1N. The van der Waals surface area contributed by atoms with Gasteiger partial charge in [-0.25, -0.2) is 0 Å². The Bertz CT molecular complexity index is 479. The second-order valence-electron chi connectivity index (χ2n) is 4.09. The number of carbonyl (C=O) groups is 1. The maximum Gasteiger partial charge on any atom is 0.292 e. The number of hydrogen-bond donors (Lipinski definition) is 2. The molecule has 0 spiro atoms. The summed E-state index contributed by atoms with van der Waals surface area (Å²) in [5.74, 6) is -0.380. The fraction of sp³-hybridized carbons (Fsp3) is 0.417. The van der Waals surface area contributed by atoms with Crippen molar-refractivity contribution in [1.82, 2.24) is 5.32 Å². The van der Waals surface area contributed by atoms with Crippen LogP contribution in [-0.2, 0) is 0 Å². The molecule has 1 atom stereocenters. The third kappa shape index (κ3) is 4.13. The molecule has 7 heteroatoms. The second kappa shape index (κ2) is 6.98. The highest BCUT2D eigenvalue weighted by Crippen LogP contribution is 2.24. The van der Waals surface area contributed by atoms with Gasteiger partial charge in [-0.15, -0.1) is 0 Å². The van der Waals surface area contributed by atoms with Gasteiger partial charge in [-0.3, -0.25) is 14.9 Å². The third-order valence-corrected chi connectivity index (χ3v) is 3.80. The van der Waals surface area contributed by atoms with Crippen LogP contribution in [0.1, 0.15) is 23.7 Å². The molecule has 19 heavy (non-hydrogen) atoms. The van der Waals surface area contributed by atoms with Crippen LogP contribution in [0.2, 0.25) is 0 Å². The molecule has 0 unspecified atom stereocenters. The van der Waals surface area contributed by atoms with Crippen molar-refractivity contribution in [3.05, 3.63) is 33.9 Å². The quantitative estimate of drug-likeness (QED) is 0.473. The van der Waals surface area contributed by atoms with Gasteiger partial charge in [-0.05, 0) is 18.7 Å². The maximum absolute atomic E-state index is 11.9. The minimum Gasteiger partial charge on any atom is -0.393 e. The number of nitrogens with one attached hydrogen (secondary N) is 1. The highest BCUT2D eigenvalue weighted by molar-refractivity contribution is 7.99. The molecular formula is C12H17N3O3S. The average Bonchev–Trinajstić information content (AvgIpc) is 2.38. The van der Waals surface area contributed by atoms with Gasteiger partial charge in [-0.2, -0.15) is 11.8 Å². The molecule has 0 saturated heterocycles. The predicted octanol–water partition coefficient (Wildman–Crippen LogP) is 2.05. The Morgan fingerprint density at radius 1 is 1.58 bits per heavy atom. The Kier molecular flexibility index (Phi) is 5.62. The zero-order valence-electron chi connectivity index (χ0n) is 10.9. The number of nitrogen functional groups attached to an aromatic ring is 1. The molecule has 0 aliphatic rings. The Balaban J connectivity index is 2.72. The lowest BCUT2D eigenvalue weighted by Crippen LogP contribution is -2.27. The van der Waals surface area contributed by atoms with Gasteiger partial charge in [0.1, 0.15) is 5.69 Å². The van der Waals surface area contributed by atoms with Crippen LogP contribution in [0.4, 0.5) is 11.4 Å². The summed E-state index contributed by atoms with van der Waals surface area (Å²) < 4.78 is 0. The molecule has 0 aliphatic carbocycles. The number of para-hydroxylation sites is 1. The first kappa shape index (κ1) is 15.3. The molecule has 0 aliphatic heterocycles. The number of anilines is 1. The standard InChI is InChI=1S/C12H17N3O3S/c1-8(19-2)6-7-14-12(16)9-4-3-5-10(11(9)13)15(17)18/h3-5,8H,6-7,13H2,1-2H3,(H,14,16)/t8-/m1/s1. The monoisotopic (exact) mass is 283 g/mol. The van der Waals surface area contributed by atoms with Crippen LogP contribution < -0.4 is 11.1 Å². The van der Waals surface area contributed by atoms with Crippen molar-refractivity contribution >= 4 is 29.0 Å². The molecular weight excluding hydrogens is 266 g/mol. The number of nitrogens with two attached hydrogens (primary N) is 1. The van der Waals surface area contributed by atoms with Crippen molar-refractivity contribution in [2.75, 3.05) is 18.5 Å². The van der Waals surface area contributed by atoms with Crippen LogP contribution in [-0.4, -0.2) is 28.9 Å². The highest BCUT2D eigenvalue weighted by Gasteiger charge is 2.18. The molecule has 0 saturated carbocycles. The second-order valence-corrected chi connectivity index (χ2v) is 5.36. The Morgan fingerprint density at radius 3 is 2.84 bits per heavy atom. The molecule has 3 N–H and O–H groups in total. The van der Waals surface area contributed by atoms with Crippen LogP contribution in [0.15, 0.2) is 18.2 Å². The first-order valence-electron chi connectivity index (χ1n) is 5.81. The van der Waals surface area contributed by atoms with Gasteiger partial charge in [0.25, 0.3) is 11.6 Å². The summed E-state index contributed by atoms with van der Waals surface area (Å²) in [6, 6.07) is 4.21. The number of benzene rings is 1. The van der Waals surface area contributed by atoms with E-state index >= 15 is 0 Å². The van der Waals surface area contributed by atoms with E-state index in [0.717, 1.165) is 6.42 Å². The number of hydrogen-bond acceptors (Lipinski definition) is 5. The van der Waals surface area contributed by atoms with Crippen LogP contribution in [0.5, 0.6) is 0 Å². The van der Waals surface area contributed by atoms with Crippen LogP contribution >= 0.6 is 11.8 Å². The lowest BCUT2D eigenvalue weighted by atomic mass is 10.1. The van der Waals surface area contributed by atoms with Crippen LogP contribution in [0.3, 0.4) is 0 Å². The number of rotatable bonds is 6. The number of thioether (sulfide) groups is 1. The zero-order chi connectivity index (χ0) is 14.4. The largest absolute Gasteiger partial charge is 0.393 e. The van der Waals surface area contributed by atoms with E-state index in [0.29, 0.717) is 11.8 Å². The molecule has 1 aromatic rings. The maximum atomic E-state index is 11.9.